The maximum atomic E-state index is 5.87. The highest BCUT2D eigenvalue weighted by Crippen LogP contribution is 2.24. The van der Waals surface area contributed by atoms with E-state index in [1.165, 1.54) is 0 Å². The standard InChI is InChI=1S/C12H17N3O2S/c1-7-5-9(6-8(2)16-7)17-12-10(11(13)18)14-3-4-15-12/h3-4,7-9H,5-6H2,1-2H3,(H2,13,18). The number of nitrogens with two attached hydrogens (primary N) is 1. The van der Waals surface area contributed by atoms with Gasteiger partial charge in [-0.05, 0) is 13.8 Å². The molecule has 2 rings (SSSR count). The van der Waals surface area contributed by atoms with Crippen molar-refractivity contribution < 1.29 is 9.47 Å². The van der Waals surface area contributed by atoms with Gasteiger partial charge in [-0.25, -0.2) is 9.97 Å². The van der Waals surface area contributed by atoms with E-state index >= 15 is 0 Å². The highest BCUT2D eigenvalue weighted by atomic mass is 32.1. The summed E-state index contributed by atoms with van der Waals surface area (Å²) in [6.45, 7) is 4.08. The fourth-order valence-electron chi connectivity index (χ4n) is 2.18. The lowest BCUT2D eigenvalue weighted by molar-refractivity contribution is -0.0730. The van der Waals surface area contributed by atoms with E-state index in [2.05, 4.69) is 9.97 Å². The van der Waals surface area contributed by atoms with Crippen LogP contribution < -0.4 is 10.5 Å². The summed E-state index contributed by atoms with van der Waals surface area (Å²) in [5, 5.41) is 0. The quantitative estimate of drug-likeness (QED) is 0.836. The predicted octanol–water partition coefficient (Wildman–Crippen LogP) is 1.45. The van der Waals surface area contributed by atoms with Crippen LogP contribution in [0.1, 0.15) is 32.4 Å². The molecule has 2 unspecified atom stereocenters. The minimum absolute atomic E-state index is 0.0635. The van der Waals surface area contributed by atoms with Crippen LogP contribution in [0, 0.1) is 0 Å². The van der Waals surface area contributed by atoms with Crippen molar-refractivity contribution in [2.75, 3.05) is 0 Å². The molecule has 98 valence electrons. The lowest BCUT2D eigenvalue weighted by Gasteiger charge is -2.32. The Morgan fingerprint density at radius 1 is 1.33 bits per heavy atom. The second-order valence-electron chi connectivity index (χ2n) is 4.54. The molecule has 6 heteroatoms. The van der Waals surface area contributed by atoms with Gasteiger partial charge in [0.1, 0.15) is 11.1 Å². The van der Waals surface area contributed by atoms with Crippen molar-refractivity contribution in [2.45, 2.75) is 45.0 Å². The Bertz CT molecular complexity index is 431. The van der Waals surface area contributed by atoms with Crippen LogP contribution in [0.25, 0.3) is 0 Å². The second kappa shape index (κ2) is 5.58. The molecule has 2 heterocycles. The first-order valence-corrected chi connectivity index (χ1v) is 6.40. The molecule has 18 heavy (non-hydrogen) atoms. The highest BCUT2D eigenvalue weighted by Gasteiger charge is 2.27. The van der Waals surface area contributed by atoms with Crippen LogP contribution in [0.3, 0.4) is 0 Å². The number of hydrogen-bond acceptors (Lipinski definition) is 5. The summed E-state index contributed by atoms with van der Waals surface area (Å²) < 4.78 is 11.5. The molecule has 2 N–H and O–H groups in total. The molecule has 0 aromatic carbocycles. The minimum atomic E-state index is 0.0635. The lowest BCUT2D eigenvalue weighted by atomic mass is 10.0. The highest BCUT2D eigenvalue weighted by molar-refractivity contribution is 7.80. The van der Waals surface area contributed by atoms with Gasteiger partial charge in [0.05, 0.1) is 12.2 Å². The van der Waals surface area contributed by atoms with E-state index < -0.39 is 0 Å². The monoisotopic (exact) mass is 267 g/mol. The first kappa shape index (κ1) is 13.2. The normalized spacial score (nSPS) is 27.8. The average molecular weight is 267 g/mol. The predicted molar refractivity (Wildman–Crippen MR) is 71.6 cm³/mol. The SMILES string of the molecule is CC1CC(Oc2nccnc2C(N)=S)CC(C)O1. The molecule has 0 aliphatic carbocycles. The Kier molecular flexibility index (Phi) is 4.08. The van der Waals surface area contributed by atoms with Crippen molar-refractivity contribution in [2.24, 2.45) is 5.73 Å². The van der Waals surface area contributed by atoms with E-state index in [-0.39, 0.29) is 23.3 Å². The van der Waals surface area contributed by atoms with Gasteiger partial charge in [0.2, 0.25) is 5.88 Å². The molecule has 0 bridgehead atoms. The molecule has 1 fully saturated rings. The Hall–Kier alpha value is -1.27. The fraction of sp³-hybridized carbons (Fsp3) is 0.583. The van der Waals surface area contributed by atoms with Gasteiger partial charge in [0, 0.05) is 25.2 Å². The molecule has 1 aromatic rings. The summed E-state index contributed by atoms with van der Waals surface area (Å²) in [6.07, 6.45) is 5.22. The zero-order chi connectivity index (χ0) is 13.1. The van der Waals surface area contributed by atoms with Gasteiger partial charge in [0.25, 0.3) is 0 Å². The number of ether oxygens (including phenoxy) is 2. The molecule has 1 saturated heterocycles. The van der Waals surface area contributed by atoms with Gasteiger partial charge in [-0.1, -0.05) is 12.2 Å². The first-order valence-electron chi connectivity index (χ1n) is 5.99. The summed E-state index contributed by atoms with van der Waals surface area (Å²) in [5.41, 5.74) is 6.04. The smallest absolute Gasteiger partial charge is 0.243 e. The van der Waals surface area contributed by atoms with E-state index in [1.807, 2.05) is 13.8 Å². The van der Waals surface area contributed by atoms with Gasteiger partial charge < -0.3 is 15.2 Å². The molecule has 0 radical (unpaired) electrons. The first-order chi connectivity index (χ1) is 8.56. The van der Waals surface area contributed by atoms with Gasteiger partial charge in [-0.2, -0.15) is 0 Å². The third-order valence-corrected chi connectivity index (χ3v) is 3.02. The van der Waals surface area contributed by atoms with Crippen LogP contribution in [-0.4, -0.2) is 33.3 Å². The maximum absolute atomic E-state index is 5.87. The lowest BCUT2D eigenvalue weighted by Crippen LogP contribution is -2.36. The van der Waals surface area contributed by atoms with E-state index in [0.29, 0.717) is 11.6 Å². The number of aromatic nitrogens is 2. The summed E-state index contributed by atoms with van der Waals surface area (Å²) in [4.78, 5) is 8.45. The Morgan fingerprint density at radius 2 is 1.94 bits per heavy atom. The largest absolute Gasteiger partial charge is 0.473 e. The molecule has 1 aliphatic heterocycles. The van der Waals surface area contributed by atoms with Crippen molar-refractivity contribution in [1.82, 2.24) is 9.97 Å². The van der Waals surface area contributed by atoms with E-state index in [0.717, 1.165) is 12.8 Å². The number of hydrogen-bond donors (Lipinski definition) is 1. The molecule has 0 saturated carbocycles. The Labute approximate surface area is 112 Å². The summed E-state index contributed by atoms with van der Waals surface area (Å²) in [6, 6.07) is 0. The summed E-state index contributed by atoms with van der Waals surface area (Å²) in [7, 11) is 0. The maximum Gasteiger partial charge on any atom is 0.243 e. The van der Waals surface area contributed by atoms with Crippen LogP contribution in [0.5, 0.6) is 5.88 Å². The van der Waals surface area contributed by atoms with Gasteiger partial charge in [-0.15, -0.1) is 0 Å². The van der Waals surface area contributed by atoms with Crippen molar-refractivity contribution in [3.05, 3.63) is 18.1 Å². The molecule has 1 aliphatic rings. The molecule has 0 spiro atoms. The van der Waals surface area contributed by atoms with E-state index in [1.54, 1.807) is 12.4 Å². The zero-order valence-electron chi connectivity index (χ0n) is 10.5. The number of thiocarbonyl (C=S) groups is 1. The van der Waals surface area contributed by atoms with Crippen LogP contribution in [-0.2, 0) is 4.74 Å². The van der Waals surface area contributed by atoms with E-state index in [9.17, 15) is 0 Å². The van der Waals surface area contributed by atoms with Crippen LogP contribution in [0.15, 0.2) is 12.4 Å². The fourth-order valence-corrected chi connectivity index (χ4v) is 2.32. The van der Waals surface area contributed by atoms with Crippen LogP contribution >= 0.6 is 12.2 Å². The average Bonchev–Trinajstić information content (AvgIpc) is 2.27. The van der Waals surface area contributed by atoms with Crippen molar-refractivity contribution >= 4 is 17.2 Å². The molecule has 0 amide bonds. The third kappa shape index (κ3) is 3.14. The molecular formula is C12H17N3O2S. The number of rotatable bonds is 3. The third-order valence-electron chi connectivity index (χ3n) is 2.83. The van der Waals surface area contributed by atoms with Crippen LogP contribution in [0.2, 0.25) is 0 Å². The van der Waals surface area contributed by atoms with Gasteiger partial charge in [-0.3, -0.25) is 0 Å². The van der Waals surface area contributed by atoms with Crippen LogP contribution in [0.4, 0.5) is 0 Å². The second-order valence-corrected chi connectivity index (χ2v) is 4.98. The topological polar surface area (TPSA) is 70.3 Å². The van der Waals surface area contributed by atoms with Crippen molar-refractivity contribution in [1.29, 1.82) is 0 Å². The van der Waals surface area contributed by atoms with Gasteiger partial charge >= 0.3 is 0 Å². The minimum Gasteiger partial charge on any atom is -0.473 e. The molecule has 5 nitrogen and oxygen atoms in total. The Morgan fingerprint density at radius 3 is 2.56 bits per heavy atom. The van der Waals surface area contributed by atoms with E-state index in [4.69, 9.17) is 27.4 Å². The summed E-state index contributed by atoms with van der Waals surface area (Å²) in [5.74, 6) is 0.413. The molecule has 2 atom stereocenters. The number of nitrogens with zero attached hydrogens (tertiary/aromatic N) is 2. The molecular weight excluding hydrogens is 250 g/mol. The summed E-state index contributed by atoms with van der Waals surface area (Å²) >= 11 is 4.93. The van der Waals surface area contributed by atoms with Crippen molar-refractivity contribution in [3.63, 3.8) is 0 Å². The molecule has 1 aromatic heterocycles. The zero-order valence-corrected chi connectivity index (χ0v) is 11.3. The Balaban J connectivity index is 2.11. The van der Waals surface area contributed by atoms with Gasteiger partial charge in [0.15, 0.2) is 5.69 Å². The van der Waals surface area contributed by atoms with Crippen molar-refractivity contribution in [3.8, 4) is 5.88 Å².